The first-order valence-electron chi connectivity index (χ1n) is 26.0. The fourth-order valence-electron chi connectivity index (χ4n) is 6.61. The van der Waals surface area contributed by atoms with Crippen molar-refractivity contribution < 1.29 is 28.6 Å². The highest BCUT2D eigenvalue weighted by Gasteiger charge is 2.19. The van der Waals surface area contributed by atoms with Crippen molar-refractivity contribution in [1.82, 2.24) is 0 Å². The quantitative estimate of drug-likeness (QED) is 0.0262. The molecule has 0 spiro atoms. The molecule has 0 aromatic carbocycles. The van der Waals surface area contributed by atoms with E-state index in [0.717, 1.165) is 109 Å². The Morgan fingerprint density at radius 2 is 0.600 bits per heavy atom. The van der Waals surface area contributed by atoms with Gasteiger partial charge < -0.3 is 14.2 Å². The zero-order chi connectivity index (χ0) is 47.2. The molecule has 0 fully saturated rings. The van der Waals surface area contributed by atoms with Crippen LogP contribution in [0.5, 0.6) is 0 Å². The molecule has 0 N–H and O–H groups in total. The van der Waals surface area contributed by atoms with Crippen LogP contribution in [0.1, 0.15) is 213 Å². The van der Waals surface area contributed by atoms with Crippen LogP contribution in [0.4, 0.5) is 0 Å². The van der Waals surface area contributed by atoms with Gasteiger partial charge in [-0.1, -0.05) is 206 Å². The molecule has 0 aromatic rings. The molecular formula is C59H94O6. The standard InChI is InChI=1S/C59H94O6/c1-4-7-10-13-16-19-22-24-26-27-28-29-30-31-33-34-37-40-43-46-49-52-58(61)64-55-56(54-63-57(60)51-48-45-42-39-36-21-18-15-12-9-6-3)65-59(62)53-50-47-44-41-38-35-32-25-23-20-17-14-11-8-5-2/h7-8,10-11,16-17,19-20,24-26,28-29,31-33,37-38,40-41,56H,4-6,9,12-15,18,21-23,27,30,34-36,39,42-55H2,1-3H3/b10-7-,11-8-,19-16-,20-17-,26-24-,29-28-,32-25-,33-31-,40-37-,41-38-. The molecule has 0 bridgehead atoms. The van der Waals surface area contributed by atoms with Gasteiger partial charge in [0.2, 0.25) is 0 Å². The lowest BCUT2D eigenvalue weighted by Crippen LogP contribution is -2.30. The van der Waals surface area contributed by atoms with Gasteiger partial charge in [0.1, 0.15) is 13.2 Å². The molecule has 0 amide bonds. The smallest absolute Gasteiger partial charge is 0.306 e. The first-order valence-corrected chi connectivity index (χ1v) is 26.0. The number of unbranched alkanes of at least 4 members (excludes halogenated alkanes) is 14. The fourth-order valence-corrected chi connectivity index (χ4v) is 6.61. The van der Waals surface area contributed by atoms with E-state index in [1.807, 2.05) is 0 Å². The minimum absolute atomic E-state index is 0.111. The van der Waals surface area contributed by atoms with Crippen LogP contribution in [0.3, 0.4) is 0 Å². The first kappa shape index (κ1) is 60.8. The van der Waals surface area contributed by atoms with Gasteiger partial charge in [-0.05, 0) is 109 Å². The minimum Gasteiger partial charge on any atom is -0.462 e. The zero-order valence-corrected chi connectivity index (χ0v) is 41.7. The number of allylic oxidation sites excluding steroid dienone is 20. The maximum absolute atomic E-state index is 12.8. The van der Waals surface area contributed by atoms with E-state index in [1.54, 1.807) is 0 Å². The average Bonchev–Trinajstić information content (AvgIpc) is 3.30. The van der Waals surface area contributed by atoms with Crippen LogP contribution in [0, 0.1) is 0 Å². The van der Waals surface area contributed by atoms with E-state index in [9.17, 15) is 14.4 Å². The van der Waals surface area contributed by atoms with E-state index >= 15 is 0 Å². The van der Waals surface area contributed by atoms with Gasteiger partial charge in [-0.3, -0.25) is 14.4 Å². The van der Waals surface area contributed by atoms with Gasteiger partial charge in [-0.2, -0.15) is 0 Å². The molecule has 6 heteroatoms. The zero-order valence-electron chi connectivity index (χ0n) is 41.7. The van der Waals surface area contributed by atoms with Crippen LogP contribution in [0.25, 0.3) is 0 Å². The van der Waals surface area contributed by atoms with Gasteiger partial charge >= 0.3 is 17.9 Å². The summed E-state index contributed by atoms with van der Waals surface area (Å²) in [7, 11) is 0. The molecule has 65 heavy (non-hydrogen) atoms. The third-order valence-electron chi connectivity index (χ3n) is 10.5. The second-order valence-electron chi connectivity index (χ2n) is 16.7. The Bertz CT molecular complexity index is 1400. The van der Waals surface area contributed by atoms with Gasteiger partial charge in [0.15, 0.2) is 6.10 Å². The second kappa shape index (κ2) is 52.4. The normalized spacial score (nSPS) is 13.1. The summed E-state index contributed by atoms with van der Waals surface area (Å²) >= 11 is 0. The number of ether oxygens (including phenoxy) is 3. The van der Waals surface area contributed by atoms with Crippen molar-refractivity contribution in [2.75, 3.05) is 13.2 Å². The summed E-state index contributed by atoms with van der Waals surface area (Å²) in [6, 6.07) is 0. The fraction of sp³-hybridized carbons (Fsp3) is 0.610. The topological polar surface area (TPSA) is 78.9 Å². The average molecular weight is 899 g/mol. The molecular weight excluding hydrogens is 805 g/mol. The number of esters is 3. The highest BCUT2D eigenvalue weighted by atomic mass is 16.6. The Morgan fingerprint density at radius 1 is 0.323 bits per heavy atom. The van der Waals surface area contributed by atoms with E-state index in [4.69, 9.17) is 14.2 Å². The molecule has 0 heterocycles. The Labute approximate surface area is 399 Å². The van der Waals surface area contributed by atoms with Crippen LogP contribution in [0.15, 0.2) is 122 Å². The number of carbonyl (C=O) groups excluding carboxylic acids is 3. The number of rotatable bonds is 45. The van der Waals surface area contributed by atoms with Crippen LogP contribution >= 0.6 is 0 Å². The van der Waals surface area contributed by atoms with Gasteiger partial charge in [-0.15, -0.1) is 0 Å². The molecule has 0 saturated carbocycles. The summed E-state index contributed by atoms with van der Waals surface area (Å²) in [5, 5.41) is 0. The predicted molar refractivity (Wildman–Crippen MR) is 279 cm³/mol. The van der Waals surface area contributed by atoms with Gasteiger partial charge in [0.25, 0.3) is 0 Å². The first-order chi connectivity index (χ1) is 32.0. The summed E-state index contributed by atoms with van der Waals surface area (Å²) in [4.78, 5) is 37.9. The third-order valence-corrected chi connectivity index (χ3v) is 10.5. The van der Waals surface area contributed by atoms with E-state index in [0.29, 0.717) is 25.7 Å². The number of hydrogen-bond acceptors (Lipinski definition) is 6. The van der Waals surface area contributed by atoms with Gasteiger partial charge in [-0.25, -0.2) is 0 Å². The summed E-state index contributed by atoms with van der Waals surface area (Å²) < 4.78 is 16.7. The SMILES string of the molecule is CC/C=C\C/C=C\C/C=C\C/C=C\C/C=C\C/C=C\CCCCC(=O)OCC(COC(=O)CCCCCCCCCCCCC)OC(=O)CCCC/C=C\C/C=C\C/C=C\C/C=C\CC. The third kappa shape index (κ3) is 50.7. The van der Waals surface area contributed by atoms with E-state index in [-0.39, 0.29) is 37.5 Å². The second-order valence-corrected chi connectivity index (χ2v) is 16.7. The Hall–Kier alpha value is -4.19. The number of hydrogen-bond donors (Lipinski definition) is 0. The summed E-state index contributed by atoms with van der Waals surface area (Å²) in [5.41, 5.74) is 0. The monoisotopic (exact) mass is 899 g/mol. The molecule has 0 aliphatic carbocycles. The van der Waals surface area contributed by atoms with Crippen molar-refractivity contribution >= 4 is 17.9 Å². The molecule has 1 unspecified atom stereocenters. The molecule has 0 radical (unpaired) electrons. The highest BCUT2D eigenvalue weighted by molar-refractivity contribution is 5.71. The van der Waals surface area contributed by atoms with Crippen molar-refractivity contribution in [3.63, 3.8) is 0 Å². The van der Waals surface area contributed by atoms with E-state index < -0.39 is 6.10 Å². The van der Waals surface area contributed by atoms with Crippen molar-refractivity contribution in [2.24, 2.45) is 0 Å². The van der Waals surface area contributed by atoms with Crippen LogP contribution in [0.2, 0.25) is 0 Å². The highest BCUT2D eigenvalue weighted by Crippen LogP contribution is 2.13. The molecule has 1 atom stereocenters. The minimum atomic E-state index is -0.819. The molecule has 6 nitrogen and oxygen atoms in total. The Kier molecular flexibility index (Phi) is 49.1. The van der Waals surface area contributed by atoms with E-state index in [2.05, 4.69) is 142 Å². The largest absolute Gasteiger partial charge is 0.462 e. The van der Waals surface area contributed by atoms with Crippen LogP contribution < -0.4 is 0 Å². The molecule has 0 aliphatic heterocycles. The Balaban J connectivity index is 4.51. The van der Waals surface area contributed by atoms with Gasteiger partial charge in [0, 0.05) is 19.3 Å². The lowest BCUT2D eigenvalue weighted by atomic mass is 10.1. The summed E-state index contributed by atoms with van der Waals surface area (Å²) in [5.74, 6) is -1.01. The van der Waals surface area contributed by atoms with Crippen molar-refractivity contribution in [2.45, 2.75) is 219 Å². The van der Waals surface area contributed by atoms with Gasteiger partial charge in [0.05, 0.1) is 0 Å². The molecule has 366 valence electrons. The van der Waals surface area contributed by atoms with E-state index in [1.165, 1.54) is 51.4 Å². The maximum atomic E-state index is 12.8. The van der Waals surface area contributed by atoms with Crippen molar-refractivity contribution in [3.05, 3.63) is 122 Å². The maximum Gasteiger partial charge on any atom is 0.306 e. The molecule has 0 aliphatic rings. The predicted octanol–water partition coefficient (Wildman–Crippen LogP) is 17.3. The molecule has 0 saturated heterocycles. The van der Waals surface area contributed by atoms with Crippen molar-refractivity contribution in [3.8, 4) is 0 Å². The number of carbonyl (C=O) groups is 3. The van der Waals surface area contributed by atoms with Crippen molar-refractivity contribution in [1.29, 1.82) is 0 Å². The van der Waals surface area contributed by atoms with Crippen LogP contribution in [-0.4, -0.2) is 37.2 Å². The summed E-state index contributed by atoms with van der Waals surface area (Å²) in [6.45, 7) is 6.31. The lowest BCUT2D eigenvalue weighted by Gasteiger charge is -2.18. The molecule has 0 aromatic heterocycles. The summed E-state index contributed by atoms with van der Waals surface area (Å²) in [6.07, 6.45) is 71.9. The lowest BCUT2D eigenvalue weighted by molar-refractivity contribution is -0.167. The Morgan fingerprint density at radius 3 is 0.938 bits per heavy atom. The molecule has 0 rings (SSSR count). The van der Waals surface area contributed by atoms with Crippen LogP contribution in [-0.2, 0) is 28.6 Å².